The molecule has 2 rings (SSSR count). The normalized spacial score (nSPS) is 27.4. The zero-order valence-corrected chi connectivity index (χ0v) is 10.4. The van der Waals surface area contributed by atoms with Crippen molar-refractivity contribution < 1.29 is 4.74 Å². The molecule has 0 radical (unpaired) electrons. The third-order valence-electron chi connectivity index (χ3n) is 3.69. The average molecular weight is 226 g/mol. The Kier molecular flexibility index (Phi) is 5.59. The van der Waals surface area contributed by atoms with Gasteiger partial charge in [0.1, 0.15) is 0 Å². The molecule has 16 heavy (non-hydrogen) atoms. The van der Waals surface area contributed by atoms with E-state index in [0.717, 1.165) is 13.2 Å². The molecular formula is C13H26N2O. The fourth-order valence-electron chi connectivity index (χ4n) is 2.67. The van der Waals surface area contributed by atoms with Gasteiger partial charge in [0.2, 0.25) is 0 Å². The van der Waals surface area contributed by atoms with Crippen LogP contribution >= 0.6 is 0 Å². The van der Waals surface area contributed by atoms with Crippen LogP contribution in [-0.2, 0) is 4.74 Å². The Morgan fingerprint density at radius 2 is 2.00 bits per heavy atom. The van der Waals surface area contributed by atoms with Crippen molar-refractivity contribution in [3.05, 3.63) is 0 Å². The fourth-order valence-corrected chi connectivity index (χ4v) is 2.67. The van der Waals surface area contributed by atoms with Gasteiger partial charge in [0, 0.05) is 12.6 Å². The van der Waals surface area contributed by atoms with Crippen LogP contribution in [0.25, 0.3) is 0 Å². The molecule has 2 aliphatic rings. The molecule has 0 aromatic rings. The van der Waals surface area contributed by atoms with E-state index >= 15 is 0 Å². The van der Waals surface area contributed by atoms with Gasteiger partial charge in [-0.2, -0.15) is 0 Å². The van der Waals surface area contributed by atoms with Gasteiger partial charge < -0.3 is 15.0 Å². The Hall–Kier alpha value is -0.120. The van der Waals surface area contributed by atoms with Crippen LogP contribution < -0.4 is 5.32 Å². The minimum Gasteiger partial charge on any atom is -0.380 e. The quantitative estimate of drug-likeness (QED) is 0.697. The van der Waals surface area contributed by atoms with Crippen molar-refractivity contribution in [3.63, 3.8) is 0 Å². The average Bonchev–Trinajstić information content (AvgIpc) is 2.83. The first-order valence-corrected chi connectivity index (χ1v) is 6.98. The highest BCUT2D eigenvalue weighted by Gasteiger charge is 2.13. The summed E-state index contributed by atoms with van der Waals surface area (Å²) >= 11 is 0. The van der Waals surface area contributed by atoms with Crippen LogP contribution in [0.15, 0.2) is 0 Å². The number of likely N-dealkylation sites (tertiary alicyclic amines) is 1. The van der Waals surface area contributed by atoms with E-state index in [-0.39, 0.29) is 0 Å². The first kappa shape index (κ1) is 12.3. The molecule has 2 fully saturated rings. The lowest BCUT2D eigenvalue weighted by atomic mass is 10.1. The lowest BCUT2D eigenvalue weighted by Crippen LogP contribution is -2.37. The summed E-state index contributed by atoms with van der Waals surface area (Å²) in [6.45, 7) is 7.04. The summed E-state index contributed by atoms with van der Waals surface area (Å²) in [6.07, 6.45) is 8.01. The smallest absolute Gasteiger partial charge is 0.0619 e. The number of hydrogen-bond donors (Lipinski definition) is 1. The molecule has 0 saturated carbocycles. The van der Waals surface area contributed by atoms with Crippen molar-refractivity contribution in [2.45, 2.75) is 44.6 Å². The van der Waals surface area contributed by atoms with Crippen molar-refractivity contribution in [3.8, 4) is 0 Å². The summed E-state index contributed by atoms with van der Waals surface area (Å²) in [4.78, 5) is 2.60. The number of hydrogen-bond acceptors (Lipinski definition) is 3. The van der Waals surface area contributed by atoms with Gasteiger partial charge in [-0.3, -0.25) is 0 Å². The van der Waals surface area contributed by atoms with Crippen LogP contribution in [0.5, 0.6) is 0 Å². The molecule has 0 amide bonds. The van der Waals surface area contributed by atoms with E-state index in [0.29, 0.717) is 6.04 Å². The minimum absolute atomic E-state index is 0.625. The van der Waals surface area contributed by atoms with Gasteiger partial charge in [0.25, 0.3) is 0 Å². The fraction of sp³-hybridized carbons (Fsp3) is 1.00. The van der Waals surface area contributed by atoms with Gasteiger partial charge in [-0.25, -0.2) is 0 Å². The second-order valence-corrected chi connectivity index (χ2v) is 5.12. The molecular weight excluding hydrogens is 200 g/mol. The molecule has 94 valence electrons. The predicted octanol–water partition coefficient (Wildman–Crippen LogP) is 1.63. The van der Waals surface area contributed by atoms with Crippen LogP contribution in [0.3, 0.4) is 0 Å². The van der Waals surface area contributed by atoms with Crippen molar-refractivity contribution in [2.75, 3.05) is 39.4 Å². The van der Waals surface area contributed by atoms with E-state index in [9.17, 15) is 0 Å². The maximum Gasteiger partial charge on any atom is 0.0619 e. The lowest BCUT2D eigenvalue weighted by molar-refractivity contribution is 0.0704. The Morgan fingerprint density at radius 3 is 2.75 bits per heavy atom. The third kappa shape index (κ3) is 4.40. The monoisotopic (exact) mass is 226 g/mol. The van der Waals surface area contributed by atoms with Crippen LogP contribution in [0, 0.1) is 0 Å². The molecule has 0 aliphatic carbocycles. The summed E-state index contributed by atoms with van der Waals surface area (Å²) in [7, 11) is 0. The summed E-state index contributed by atoms with van der Waals surface area (Å²) in [5.74, 6) is 0. The van der Waals surface area contributed by atoms with E-state index in [1.165, 1.54) is 64.7 Å². The molecule has 0 spiro atoms. The molecule has 2 saturated heterocycles. The molecule has 1 unspecified atom stereocenters. The molecule has 1 N–H and O–H groups in total. The summed E-state index contributed by atoms with van der Waals surface area (Å²) < 4.78 is 5.45. The highest BCUT2D eigenvalue weighted by molar-refractivity contribution is 4.70. The topological polar surface area (TPSA) is 24.5 Å². The van der Waals surface area contributed by atoms with Crippen molar-refractivity contribution >= 4 is 0 Å². The first-order valence-electron chi connectivity index (χ1n) is 6.98. The summed E-state index contributed by atoms with van der Waals surface area (Å²) in [5.41, 5.74) is 0. The zero-order chi connectivity index (χ0) is 11.1. The molecule has 3 heteroatoms. The molecule has 1 atom stereocenters. The molecule has 0 aromatic carbocycles. The highest BCUT2D eigenvalue weighted by Crippen LogP contribution is 2.08. The summed E-state index contributed by atoms with van der Waals surface area (Å²) in [6, 6.07) is 0.625. The SMILES string of the molecule is C(CCN1CCCC1)CNC1CCCOC1. The van der Waals surface area contributed by atoms with Crippen LogP contribution in [0.4, 0.5) is 0 Å². The van der Waals surface area contributed by atoms with E-state index < -0.39 is 0 Å². The number of nitrogens with one attached hydrogen (secondary N) is 1. The highest BCUT2D eigenvalue weighted by atomic mass is 16.5. The Labute approximate surface area is 99.5 Å². The molecule has 2 aliphatic heterocycles. The Bertz CT molecular complexity index is 175. The molecule has 3 nitrogen and oxygen atoms in total. The van der Waals surface area contributed by atoms with Gasteiger partial charge >= 0.3 is 0 Å². The van der Waals surface area contributed by atoms with Crippen LogP contribution in [0.1, 0.15) is 38.5 Å². The van der Waals surface area contributed by atoms with Gasteiger partial charge in [-0.1, -0.05) is 0 Å². The maximum absolute atomic E-state index is 5.45. The number of nitrogens with zero attached hydrogens (tertiary/aromatic N) is 1. The van der Waals surface area contributed by atoms with Crippen molar-refractivity contribution in [1.82, 2.24) is 10.2 Å². The number of rotatable bonds is 6. The van der Waals surface area contributed by atoms with E-state index in [4.69, 9.17) is 4.74 Å². The van der Waals surface area contributed by atoms with Gasteiger partial charge in [0.05, 0.1) is 6.61 Å². The predicted molar refractivity (Wildman–Crippen MR) is 66.8 cm³/mol. The van der Waals surface area contributed by atoms with Crippen molar-refractivity contribution in [2.24, 2.45) is 0 Å². The minimum atomic E-state index is 0.625. The second kappa shape index (κ2) is 7.25. The van der Waals surface area contributed by atoms with Gasteiger partial charge in [-0.15, -0.1) is 0 Å². The maximum atomic E-state index is 5.45. The van der Waals surface area contributed by atoms with Crippen molar-refractivity contribution in [1.29, 1.82) is 0 Å². The summed E-state index contributed by atoms with van der Waals surface area (Å²) in [5, 5.41) is 3.60. The van der Waals surface area contributed by atoms with E-state index in [1.54, 1.807) is 0 Å². The molecule has 2 heterocycles. The van der Waals surface area contributed by atoms with E-state index in [2.05, 4.69) is 10.2 Å². The van der Waals surface area contributed by atoms with E-state index in [1.807, 2.05) is 0 Å². The second-order valence-electron chi connectivity index (χ2n) is 5.12. The Balaban J connectivity index is 1.42. The molecule has 0 bridgehead atoms. The largest absolute Gasteiger partial charge is 0.380 e. The Morgan fingerprint density at radius 1 is 1.12 bits per heavy atom. The van der Waals surface area contributed by atoms with Gasteiger partial charge in [-0.05, 0) is 64.7 Å². The molecule has 0 aromatic heterocycles. The third-order valence-corrected chi connectivity index (χ3v) is 3.69. The first-order chi connectivity index (χ1) is 7.95. The van der Waals surface area contributed by atoms with Gasteiger partial charge in [0.15, 0.2) is 0 Å². The standard InChI is InChI=1S/C13H26N2O/c1(2-8-15-9-3-4-10-15)7-14-13-6-5-11-16-12-13/h13-14H,1-12H2. The van der Waals surface area contributed by atoms with Crippen LogP contribution in [-0.4, -0.2) is 50.3 Å². The lowest BCUT2D eigenvalue weighted by Gasteiger charge is -2.23. The zero-order valence-electron chi connectivity index (χ0n) is 10.4. The van der Waals surface area contributed by atoms with Crippen LogP contribution in [0.2, 0.25) is 0 Å². The number of ether oxygens (including phenoxy) is 1. The number of unbranched alkanes of at least 4 members (excludes halogenated alkanes) is 1.